The van der Waals surface area contributed by atoms with Crippen LogP contribution in [0.5, 0.6) is 0 Å². The third-order valence-electron chi connectivity index (χ3n) is 12.3. The van der Waals surface area contributed by atoms with Crippen molar-refractivity contribution in [3.8, 4) is 0 Å². The molecule has 1 spiro atoms. The molecule has 0 radical (unpaired) electrons. The maximum absolute atomic E-state index is 13.1. The maximum atomic E-state index is 13.1. The molecule has 0 saturated heterocycles. The average molecular weight is 515 g/mol. The fourth-order valence-electron chi connectivity index (χ4n) is 11.7. The Bertz CT molecular complexity index is 1100. The zero-order chi connectivity index (χ0) is 26.1. The number of carbonyl (C=O) groups is 3. The van der Waals surface area contributed by atoms with Crippen molar-refractivity contribution in [2.45, 2.75) is 82.0 Å². The maximum Gasteiger partial charge on any atom is 0.333 e. The highest BCUT2D eigenvalue weighted by atomic mass is 16.6. The Morgan fingerprint density at radius 1 is 0.919 bits per heavy atom. The molecule has 37 heavy (non-hydrogen) atoms. The van der Waals surface area contributed by atoms with Gasteiger partial charge in [0.1, 0.15) is 18.8 Å². The predicted octanol–water partition coefficient (Wildman–Crippen LogP) is 2.55. The summed E-state index contributed by atoms with van der Waals surface area (Å²) in [5.74, 6) is 0.145. The van der Waals surface area contributed by atoms with E-state index in [0.29, 0.717) is 5.92 Å². The lowest BCUT2D eigenvalue weighted by atomic mass is 9.18. The third kappa shape index (κ3) is 2.74. The van der Waals surface area contributed by atoms with Gasteiger partial charge in [0.25, 0.3) is 0 Å². The summed E-state index contributed by atoms with van der Waals surface area (Å²) in [4.78, 5) is 36.6. The smallest absolute Gasteiger partial charge is 0.333 e. The van der Waals surface area contributed by atoms with E-state index in [4.69, 9.17) is 14.2 Å². The van der Waals surface area contributed by atoms with Gasteiger partial charge >= 0.3 is 17.9 Å². The molecule has 2 N–H and O–H groups in total. The van der Waals surface area contributed by atoms with Gasteiger partial charge in [-0.2, -0.15) is 0 Å². The summed E-state index contributed by atoms with van der Waals surface area (Å²) in [6.07, 6.45) is 5.35. The molecule has 0 heterocycles. The minimum absolute atomic E-state index is 0.0148. The van der Waals surface area contributed by atoms with Crippen molar-refractivity contribution in [3.63, 3.8) is 0 Å². The van der Waals surface area contributed by atoms with Gasteiger partial charge in [-0.3, -0.25) is 9.59 Å². The first kappa shape index (κ1) is 24.1. The molecule has 10 rings (SSSR count). The summed E-state index contributed by atoms with van der Waals surface area (Å²) in [5.41, 5.74) is -2.06. The van der Waals surface area contributed by atoms with Crippen molar-refractivity contribution >= 4 is 17.9 Å². The van der Waals surface area contributed by atoms with Crippen LogP contribution in [0.4, 0.5) is 0 Å². The van der Waals surface area contributed by atoms with Gasteiger partial charge in [0.2, 0.25) is 0 Å². The fraction of sp³-hybridized carbons (Fsp3) is 0.828. The molecule has 11 bridgehead atoms. The Labute approximate surface area is 217 Å². The predicted molar refractivity (Wildman–Crippen MR) is 128 cm³/mol. The molecule has 0 aromatic heterocycles. The fourth-order valence-corrected chi connectivity index (χ4v) is 11.7. The molecule has 12 unspecified atom stereocenters. The standard InChI is InChI=1S/C29H38O8/c1-14(2)25(32)36-7-6-35-21(30)4-5-22(31)37-26(3)16-9-18-17-10-19-20-8-15-11-27(13-16,29(18,20)34)24(23(17)26)28(19,33)12-15/h15-20,23-24,33-34H,1,4-13H2,2-3H3. The largest absolute Gasteiger partial charge is 0.462 e. The van der Waals surface area contributed by atoms with Gasteiger partial charge < -0.3 is 24.4 Å². The Morgan fingerprint density at radius 2 is 1.65 bits per heavy atom. The molecule has 0 aromatic carbocycles. The van der Waals surface area contributed by atoms with E-state index in [-0.39, 0.29) is 78.5 Å². The van der Waals surface area contributed by atoms with E-state index >= 15 is 0 Å². The van der Waals surface area contributed by atoms with E-state index in [2.05, 4.69) is 13.5 Å². The van der Waals surface area contributed by atoms with Crippen molar-refractivity contribution < 1.29 is 38.8 Å². The molecule has 202 valence electrons. The second-order valence-corrected chi connectivity index (χ2v) is 13.6. The summed E-state index contributed by atoms with van der Waals surface area (Å²) in [7, 11) is 0. The Morgan fingerprint density at radius 3 is 2.41 bits per heavy atom. The van der Waals surface area contributed by atoms with Gasteiger partial charge in [-0.25, -0.2) is 4.79 Å². The Balaban J connectivity index is 1.04. The molecule has 10 saturated carbocycles. The van der Waals surface area contributed by atoms with Crippen molar-refractivity contribution in [1.82, 2.24) is 0 Å². The summed E-state index contributed by atoms with van der Waals surface area (Å²) in [6.45, 7) is 6.95. The SMILES string of the molecule is C=C(C)C(=O)OCCOC(=O)CCC(=O)OC1(C)C2CC3C4CC5C6CC7CC5(O)C(C41)C(C7)(C2)C36O. The Hall–Kier alpha value is -1.93. The van der Waals surface area contributed by atoms with Crippen LogP contribution in [0.1, 0.15) is 65.2 Å². The van der Waals surface area contributed by atoms with Crippen LogP contribution in [0.25, 0.3) is 0 Å². The van der Waals surface area contributed by atoms with E-state index in [1.54, 1.807) is 0 Å². The molecule has 0 aliphatic heterocycles. The van der Waals surface area contributed by atoms with Crippen molar-refractivity contribution in [3.05, 3.63) is 12.2 Å². The van der Waals surface area contributed by atoms with E-state index < -0.39 is 34.7 Å². The third-order valence-corrected chi connectivity index (χ3v) is 12.3. The first-order valence-corrected chi connectivity index (χ1v) is 14.1. The van der Waals surface area contributed by atoms with Gasteiger partial charge in [-0.15, -0.1) is 0 Å². The molecule has 0 amide bonds. The van der Waals surface area contributed by atoms with Crippen molar-refractivity contribution in [1.29, 1.82) is 0 Å². The highest BCUT2D eigenvalue weighted by molar-refractivity contribution is 5.86. The molecule has 0 aromatic rings. The molecule has 12 atom stereocenters. The van der Waals surface area contributed by atoms with Crippen LogP contribution < -0.4 is 0 Å². The van der Waals surface area contributed by atoms with Crippen LogP contribution in [0, 0.1) is 52.8 Å². The molecule has 10 aliphatic rings. The van der Waals surface area contributed by atoms with E-state index in [9.17, 15) is 24.6 Å². The van der Waals surface area contributed by atoms with Crippen LogP contribution in [0.15, 0.2) is 12.2 Å². The lowest BCUT2D eigenvalue weighted by Gasteiger charge is -2.89. The number of aliphatic hydroxyl groups is 2. The number of rotatable bonds is 8. The molecular weight excluding hydrogens is 476 g/mol. The normalized spacial score (nSPS) is 52.4. The topological polar surface area (TPSA) is 119 Å². The summed E-state index contributed by atoms with van der Waals surface area (Å²) >= 11 is 0. The van der Waals surface area contributed by atoms with E-state index in [1.807, 2.05) is 0 Å². The van der Waals surface area contributed by atoms with Gasteiger partial charge in [-0.1, -0.05) is 6.58 Å². The highest BCUT2D eigenvalue weighted by Gasteiger charge is 2.90. The highest BCUT2D eigenvalue weighted by Crippen LogP contribution is 2.88. The number of ether oxygens (including phenoxy) is 3. The monoisotopic (exact) mass is 514 g/mol. The first-order chi connectivity index (χ1) is 17.5. The molecule has 10 fully saturated rings. The molecule has 10 aliphatic carbocycles. The zero-order valence-electron chi connectivity index (χ0n) is 21.7. The Kier molecular flexibility index (Phi) is 4.81. The average Bonchev–Trinajstić information content (AvgIpc) is 2.82. The second-order valence-electron chi connectivity index (χ2n) is 13.6. The van der Waals surface area contributed by atoms with Crippen LogP contribution in [-0.4, -0.2) is 58.1 Å². The molecular formula is C29H38O8. The lowest BCUT2D eigenvalue weighted by molar-refractivity contribution is -0.466. The molecule has 8 heteroatoms. The zero-order valence-corrected chi connectivity index (χ0v) is 21.7. The molecule has 8 nitrogen and oxygen atoms in total. The number of esters is 3. The van der Waals surface area contributed by atoms with E-state index in [1.165, 1.54) is 6.92 Å². The van der Waals surface area contributed by atoms with Gasteiger partial charge in [-0.05, 0) is 87.9 Å². The van der Waals surface area contributed by atoms with Crippen LogP contribution >= 0.6 is 0 Å². The quantitative estimate of drug-likeness (QED) is 0.220. The van der Waals surface area contributed by atoms with Gasteiger partial charge in [0.15, 0.2) is 0 Å². The minimum atomic E-state index is -0.752. The van der Waals surface area contributed by atoms with Gasteiger partial charge in [0.05, 0.1) is 24.0 Å². The van der Waals surface area contributed by atoms with Crippen molar-refractivity contribution in [2.75, 3.05) is 13.2 Å². The number of hydrogen-bond acceptors (Lipinski definition) is 8. The minimum Gasteiger partial charge on any atom is -0.462 e. The van der Waals surface area contributed by atoms with Crippen LogP contribution in [-0.2, 0) is 28.6 Å². The summed E-state index contributed by atoms with van der Waals surface area (Å²) in [5, 5.41) is 24.6. The van der Waals surface area contributed by atoms with Gasteiger partial charge in [0, 0.05) is 22.8 Å². The van der Waals surface area contributed by atoms with Crippen LogP contribution in [0.3, 0.4) is 0 Å². The van der Waals surface area contributed by atoms with Crippen molar-refractivity contribution in [2.24, 2.45) is 52.8 Å². The second kappa shape index (κ2) is 7.38. The van der Waals surface area contributed by atoms with Crippen LogP contribution in [0.2, 0.25) is 0 Å². The number of hydrogen-bond donors (Lipinski definition) is 2. The first-order valence-electron chi connectivity index (χ1n) is 14.1. The van der Waals surface area contributed by atoms with E-state index in [0.717, 1.165) is 38.5 Å². The lowest BCUT2D eigenvalue weighted by Crippen LogP contribution is -2.92. The summed E-state index contributed by atoms with van der Waals surface area (Å²) in [6, 6.07) is 0. The summed E-state index contributed by atoms with van der Waals surface area (Å²) < 4.78 is 16.3. The number of carbonyl (C=O) groups excluding carboxylic acids is 3.